The molecule has 0 N–H and O–H groups in total. The van der Waals surface area contributed by atoms with Gasteiger partial charge in [-0.2, -0.15) is 0 Å². The molecule has 8 nitrogen and oxygen atoms in total. The molecule has 0 bridgehead atoms. The van der Waals surface area contributed by atoms with Crippen LogP contribution in [-0.2, 0) is 0 Å². The van der Waals surface area contributed by atoms with Crippen molar-refractivity contribution in [3.63, 3.8) is 0 Å². The van der Waals surface area contributed by atoms with Crippen molar-refractivity contribution in [1.29, 1.82) is 0 Å². The standard InChI is InChI=1S/C18H26N6O2/c1-21-5-6-22(2)17(21)19-13-11-15-16(26-10-9-25-15)12-14(13)20-18-23(3)7-8-24(18)4/h11-12H,5-10H2,1-4H3. The Morgan fingerprint density at radius 1 is 0.654 bits per heavy atom. The summed E-state index contributed by atoms with van der Waals surface area (Å²) in [6, 6.07) is 3.88. The van der Waals surface area contributed by atoms with Crippen LogP contribution in [0, 0.1) is 0 Å². The molecule has 8 heteroatoms. The van der Waals surface area contributed by atoms with E-state index in [1.54, 1.807) is 0 Å². The minimum atomic E-state index is 0.558. The first-order valence-electron chi connectivity index (χ1n) is 8.98. The van der Waals surface area contributed by atoms with Crippen molar-refractivity contribution in [2.75, 3.05) is 67.6 Å². The maximum absolute atomic E-state index is 5.76. The molecule has 2 saturated heterocycles. The van der Waals surface area contributed by atoms with E-state index in [0.717, 1.165) is 61.0 Å². The van der Waals surface area contributed by atoms with Crippen LogP contribution in [0.3, 0.4) is 0 Å². The van der Waals surface area contributed by atoms with E-state index in [-0.39, 0.29) is 0 Å². The van der Waals surface area contributed by atoms with E-state index in [1.807, 2.05) is 12.1 Å². The number of ether oxygens (including phenoxy) is 2. The second-order valence-corrected chi connectivity index (χ2v) is 6.99. The zero-order valence-electron chi connectivity index (χ0n) is 15.9. The van der Waals surface area contributed by atoms with Crippen molar-refractivity contribution in [2.45, 2.75) is 0 Å². The van der Waals surface area contributed by atoms with Gasteiger partial charge in [-0.15, -0.1) is 0 Å². The summed E-state index contributed by atoms with van der Waals surface area (Å²) >= 11 is 0. The van der Waals surface area contributed by atoms with Gasteiger partial charge in [-0.25, -0.2) is 9.98 Å². The zero-order chi connectivity index (χ0) is 18.3. The molecule has 0 atom stereocenters. The van der Waals surface area contributed by atoms with Crippen LogP contribution in [0.1, 0.15) is 0 Å². The molecule has 2 fully saturated rings. The second kappa shape index (κ2) is 6.59. The van der Waals surface area contributed by atoms with Crippen molar-refractivity contribution in [2.24, 2.45) is 9.98 Å². The van der Waals surface area contributed by atoms with Crippen molar-refractivity contribution in [1.82, 2.24) is 19.6 Å². The fourth-order valence-corrected chi connectivity index (χ4v) is 3.39. The monoisotopic (exact) mass is 358 g/mol. The normalized spacial score (nSPS) is 19.5. The molecule has 140 valence electrons. The summed E-state index contributed by atoms with van der Waals surface area (Å²) in [5, 5.41) is 0. The first kappa shape index (κ1) is 16.8. The van der Waals surface area contributed by atoms with E-state index >= 15 is 0 Å². The molecule has 0 radical (unpaired) electrons. The second-order valence-electron chi connectivity index (χ2n) is 6.99. The van der Waals surface area contributed by atoms with Crippen LogP contribution in [0.15, 0.2) is 22.1 Å². The smallest absolute Gasteiger partial charge is 0.201 e. The highest BCUT2D eigenvalue weighted by Crippen LogP contribution is 2.42. The molecular formula is C18H26N6O2. The van der Waals surface area contributed by atoms with E-state index in [0.29, 0.717) is 13.2 Å². The van der Waals surface area contributed by atoms with E-state index in [1.165, 1.54) is 0 Å². The number of benzene rings is 1. The van der Waals surface area contributed by atoms with E-state index < -0.39 is 0 Å². The van der Waals surface area contributed by atoms with Crippen LogP contribution >= 0.6 is 0 Å². The topological polar surface area (TPSA) is 56.1 Å². The summed E-state index contributed by atoms with van der Waals surface area (Å²) < 4.78 is 11.5. The van der Waals surface area contributed by atoms with Crippen molar-refractivity contribution >= 4 is 23.3 Å². The number of nitrogens with zero attached hydrogens (tertiary/aromatic N) is 6. The minimum Gasteiger partial charge on any atom is -0.486 e. The first-order chi connectivity index (χ1) is 12.5. The molecule has 0 saturated carbocycles. The molecule has 0 aliphatic carbocycles. The van der Waals surface area contributed by atoms with Gasteiger partial charge in [0.1, 0.15) is 13.2 Å². The van der Waals surface area contributed by atoms with E-state index in [9.17, 15) is 0 Å². The van der Waals surface area contributed by atoms with Gasteiger partial charge in [-0.05, 0) is 0 Å². The molecular weight excluding hydrogens is 332 g/mol. The Kier molecular flexibility index (Phi) is 4.26. The van der Waals surface area contributed by atoms with Gasteiger partial charge in [0, 0.05) is 66.5 Å². The Bertz CT molecular complexity index is 675. The number of hydrogen-bond donors (Lipinski definition) is 0. The lowest BCUT2D eigenvalue weighted by Crippen LogP contribution is -2.28. The lowest BCUT2D eigenvalue weighted by Gasteiger charge is -2.21. The third kappa shape index (κ3) is 3.00. The quantitative estimate of drug-likeness (QED) is 0.792. The Morgan fingerprint density at radius 2 is 1.00 bits per heavy atom. The molecule has 3 aliphatic rings. The van der Waals surface area contributed by atoms with E-state index in [2.05, 4.69) is 47.8 Å². The molecule has 0 amide bonds. The number of guanidine groups is 2. The van der Waals surface area contributed by atoms with Crippen LogP contribution in [-0.4, -0.2) is 99.1 Å². The largest absolute Gasteiger partial charge is 0.486 e. The average molecular weight is 358 g/mol. The van der Waals surface area contributed by atoms with Gasteiger partial charge in [0.15, 0.2) is 11.5 Å². The Morgan fingerprint density at radius 3 is 1.35 bits per heavy atom. The van der Waals surface area contributed by atoms with Crippen molar-refractivity contribution < 1.29 is 9.47 Å². The predicted octanol–water partition coefficient (Wildman–Crippen LogP) is 1.19. The molecule has 0 spiro atoms. The van der Waals surface area contributed by atoms with Gasteiger partial charge < -0.3 is 29.1 Å². The molecule has 4 rings (SSSR count). The Balaban J connectivity index is 1.81. The Hall–Kier alpha value is -2.64. The number of fused-ring (bicyclic) bond motifs is 1. The third-order valence-corrected chi connectivity index (χ3v) is 4.99. The minimum absolute atomic E-state index is 0.558. The van der Waals surface area contributed by atoms with Gasteiger partial charge in [-0.1, -0.05) is 0 Å². The molecule has 3 aliphatic heterocycles. The first-order valence-corrected chi connectivity index (χ1v) is 8.98. The fraction of sp³-hybridized carbons (Fsp3) is 0.556. The maximum Gasteiger partial charge on any atom is 0.201 e. The molecule has 26 heavy (non-hydrogen) atoms. The molecule has 1 aromatic rings. The molecule has 3 heterocycles. The van der Waals surface area contributed by atoms with Crippen molar-refractivity contribution in [3.05, 3.63) is 12.1 Å². The van der Waals surface area contributed by atoms with E-state index in [4.69, 9.17) is 19.5 Å². The summed E-state index contributed by atoms with van der Waals surface area (Å²) in [5.41, 5.74) is 1.59. The third-order valence-electron chi connectivity index (χ3n) is 4.99. The Labute approximate surface area is 154 Å². The fourth-order valence-electron chi connectivity index (χ4n) is 3.39. The van der Waals surface area contributed by atoms with Gasteiger partial charge in [-0.3, -0.25) is 0 Å². The summed E-state index contributed by atoms with van der Waals surface area (Å²) in [6.07, 6.45) is 0. The van der Waals surface area contributed by atoms with Crippen LogP contribution in [0.5, 0.6) is 11.5 Å². The van der Waals surface area contributed by atoms with Crippen LogP contribution < -0.4 is 9.47 Å². The van der Waals surface area contributed by atoms with Gasteiger partial charge in [0.25, 0.3) is 0 Å². The maximum atomic E-state index is 5.76. The number of likely N-dealkylation sites (N-methyl/N-ethyl adjacent to an activating group) is 4. The molecule has 1 aromatic carbocycles. The number of rotatable bonds is 2. The molecule has 0 unspecified atom stereocenters. The van der Waals surface area contributed by atoms with Gasteiger partial charge >= 0.3 is 0 Å². The van der Waals surface area contributed by atoms with Crippen LogP contribution in [0.25, 0.3) is 0 Å². The highest BCUT2D eigenvalue weighted by Gasteiger charge is 2.24. The van der Waals surface area contributed by atoms with Crippen molar-refractivity contribution in [3.8, 4) is 11.5 Å². The zero-order valence-corrected chi connectivity index (χ0v) is 15.9. The van der Waals surface area contributed by atoms with Gasteiger partial charge in [0.05, 0.1) is 11.4 Å². The summed E-state index contributed by atoms with van der Waals surface area (Å²) in [5.74, 6) is 3.35. The number of hydrogen-bond acceptors (Lipinski definition) is 4. The average Bonchev–Trinajstić information content (AvgIpc) is 3.12. The highest BCUT2D eigenvalue weighted by molar-refractivity contribution is 5.90. The lowest BCUT2D eigenvalue weighted by molar-refractivity contribution is 0.172. The lowest BCUT2D eigenvalue weighted by atomic mass is 10.2. The highest BCUT2D eigenvalue weighted by atomic mass is 16.6. The summed E-state index contributed by atoms with van der Waals surface area (Å²) in [7, 11) is 8.24. The SMILES string of the molecule is CN1CCN(C)C1=Nc1cc2c(cc1N=C1N(C)CCN1C)OCCO2. The summed E-state index contributed by atoms with van der Waals surface area (Å²) in [4.78, 5) is 18.4. The summed E-state index contributed by atoms with van der Waals surface area (Å²) in [6.45, 7) is 4.99. The van der Waals surface area contributed by atoms with Crippen LogP contribution in [0.4, 0.5) is 11.4 Å². The van der Waals surface area contributed by atoms with Gasteiger partial charge in [0.2, 0.25) is 11.9 Å². The predicted molar refractivity (Wildman–Crippen MR) is 102 cm³/mol. The molecule has 0 aromatic heterocycles. The number of aliphatic imine (C=N–C) groups is 2. The van der Waals surface area contributed by atoms with Crippen LogP contribution in [0.2, 0.25) is 0 Å².